The van der Waals surface area contributed by atoms with E-state index in [4.69, 9.17) is 4.74 Å². The minimum Gasteiger partial charge on any atom is -0.376 e. The fourth-order valence-corrected chi connectivity index (χ4v) is 3.97. The molecule has 3 unspecified atom stereocenters. The first kappa shape index (κ1) is 20.4. The maximum Gasteiger partial charge on any atom is 0.0859 e. The Bertz CT molecular complexity index is 556. The lowest BCUT2D eigenvalue weighted by atomic mass is 10.0. The van der Waals surface area contributed by atoms with Gasteiger partial charge in [0.25, 0.3) is 0 Å². The molecule has 4 nitrogen and oxygen atoms in total. The largest absolute Gasteiger partial charge is 0.376 e. The summed E-state index contributed by atoms with van der Waals surface area (Å²) in [6.45, 7) is 18.6. The second-order valence-corrected chi connectivity index (χ2v) is 9.28. The third-order valence-electron chi connectivity index (χ3n) is 6.02. The van der Waals surface area contributed by atoms with Crippen LogP contribution in [0, 0.1) is 17.8 Å². The van der Waals surface area contributed by atoms with Crippen LogP contribution in [0.5, 0.6) is 0 Å². The molecule has 25 heavy (non-hydrogen) atoms. The van der Waals surface area contributed by atoms with Crippen molar-refractivity contribution < 1.29 is 4.74 Å². The topological polar surface area (TPSA) is 39.9 Å². The summed E-state index contributed by atoms with van der Waals surface area (Å²) in [5, 5.41) is 9.04. The van der Waals surface area contributed by atoms with Crippen molar-refractivity contribution in [3.05, 3.63) is 11.4 Å². The van der Waals surface area contributed by atoms with E-state index in [0.717, 1.165) is 43.6 Å². The Labute approximate surface area is 154 Å². The fourth-order valence-electron chi connectivity index (χ4n) is 3.97. The molecule has 1 aromatic rings. The van der Waals surface area contributed by atoms with Gasteiger partial charge in [-0.15, -0.1) is 5.10 Å². The Morgan fingerprint density at radius 1 is 1.00 bits per heavy atom. The molecule has 0 bridgehead atoms. The van der Waals surface area contributed by atoms with E-state index in [1.165, 1.54) is 24.2 Å². The van der Waals surface area contributed by atoms with E-state index in [-0.39, 0.29) is 11.1 Å². The van der Waals surface area contributed by atoms with Crippen LogP contribution in [0.25, 0.3) is 0 Å². The van der Waals surface area contributed by atoms with Crippen molar-refractivity contribution >= 4 is 0 Å². The molecule has 144 valence electrons. The van der Waals surface area contributed by atoms with Gasteiger partial charge in [0.1, 0.15) is 0 Å². The Kier molecular flexibility index (Phi) is 6.35. The van der Waals surface area contributed by atoms with E-state index in [2.05, 4.69) is 70.4 Å². The standard InChI is InChI=1S/C21H39N3O/c1-9-15-16(17(15)14-25-20(4,5)6)12-13-18-19(10-2)24(23-22-18)21(7,8)11-3/h15-17H,9-14H2,1-8H3. The van der Waals surface area contributed by atoms with Crippen LogP contribution in [0.1, 0.15) is 86.0 Å². The second kappa shape index (κ2) is 7.77. The van der Waals surface area contributed by atoms with E-state index in [0.29, 0.717) is 0 Å². The SMILES string of the molecule is CCc1c(CCC2C(CC)C2COC(C)(C)C)nnn1C(C)(C)CC. The van der Waals surface area contributed by atoms with Crippen molar-refractivity contribution in [3.8, 4) is 0 Å². The smallest absolute Gasteiger partial charge is 0.0859 e. The van der Waals surface area contributed by atoms with Gasteiger partial charge in [0, 0.05) is 0 Å². The minimum absolute atomic E-state index is 0.0325. The molecule has 0 amide bonds. The molecule has 1 saturated carbocycles. The monoisotopic (exact) mass is 349 g/mol. The van der Waals surface area contributed by atoms with Crippen molar-refractivity contribution in [2.24, 2.45) is 17.8 Å². The van der Waals surface area contributed by atoms with Crippen molar-refractivity contribution in [3.63, 3.8) is 0 Å². The molecule has 0 radical (unpaired) electrons. The van der Waals surface area contributed by atoms with Gasteiger partial charge in [0.05, 0.1) is 29.1 Å². The van der Waals surface area contributed by atoms with Crippen LogP contribution in [0.3, 0.4) is 0 Å². The highest BCUT2D eigenvalue weighted by molar-refractivity contribution is 5.13. The van der Waals surface area contributed by atoms with Gasteiger partial charge in [-0.1, -0.05) is 32.4 Å². The predicted octanol–water partition coefficient (Wildman–Crippen LogP) is 5.01. The number of rotatable bonds is 9. The highest BCUT2D eigenvalue weighted by Gasteiger charge is 2.48. The average molecular weight is 350 g/mol. The number of hydrogen-bond donors (Lipinski definition) is 0. The van der Waals surface area contributed by atoms with Crippen LogP contribution in [0.4, 0.5) is 0 Å². The first-order chi connectivity index (χ1) is 11.6. The van der Waals surface area contributed by atoms with Crippen molar-refractivity contribution in [2.75, 3.05) is 6.61 Å². The molecule has 0 aromatic carbocycles. The van der Waals surface area contributed by atoms with Crippen LogP contribution in [-0.4, -0.2) is 27.2 Å². The predicted molar refractivity (Wildman–Crippen MR) is 104 cm³/mol. The van der Waals surface area contributed by atoms with Gasteiger partial charge in [-0.2, -0.15) is 0 Å². The minimum atomic E-state index is -0.0325. The third kappa shape index (κ3) is 4.84. The van der Waals surface area contributed by atoms with Gasteiger partial charge in [-0.05, 0) is 78.1 Å². The highest BCUT2D eigenvalue weighted by Crippen LogP contribution is 2.51. The van der Waals surface area contributed by atoms with Gasteiger partial charge < -0.3 is 4.74 Å². The lowest BCUT2D eigenvalue weighted by molar-refractivity contribution is -0.0122. The molecule has 0 spiro atoms. The summed E-state index contributed by atoms with van der Waals surface area (Å²) >= 11 is 0. The fraction of sp³-hybridized carbons (Fsp3) is 0.905. The molecular formula is C21H39N3O. The van der Waals surface area contributed by atoms with Gasteiger partial charge in [0.15, 0.2) is 0 Å². The zero-order valence-electron chi connectivity index (χ0n) is 17.7. The van der Waals surface area contributed by atoms with Crippen LogP contribution < -0.4 is 0 Å². The molecule has 1 aromatic heterocycles. The van der Waals surface area contributed by atoms with Crippen LogP contribution in [-0.2, 0) is 23.1 Å². The molecule has 1 heterocycles. The summed E-state index contributed by atoms with van der Waals surface area (Å²) in [6.07, 6.45) is 5.60. The summed E-state index contributed by atoms with van der Waals surface area (Å²) in [4.78, 5) is 0. The number of aryl methyl sites for hydroxylation is 1. The molecule has 0 N–H and O–H groups in total. The lowest BCUT2D eigenvalue weighted by Gasteiger charge is -2.25. The molecule has 4 heteroatoms. The van der Waals surface area contributed by atoms with Crippen LogP contribution in [0.2, 0.25) is 0 Å². The summed E-state index contributed by atoms with van der Waals surface area (Å²) in [5.41, 5.74) is 2.55. The number of aromatic nitrogens is 3. The Hall–Kier alpha value is -0.900. The quantitative estimate of drug-likeness (QED) is 0.629. The van der Waals surface area contributed by atoms with E-state index in [9.17, 15) is 0 Å². The summed E-state index contributed by atoms with van der Waals surface area (Å²) in [5.74, 6) is 2.35. The molecule has 1 aliphatic carbocycles. The molecule has 0 aliphatic heterocycles. The first-order valence-corrected chi connectivity index (χ1v) is 10.2. The average Bonchev–Trinajstić information content (AvgIpc) is 3.05. The van der Waals surface area contributed by atoms with Gasteiger partial charge in [-0.25, -0.2) is 4.68 Å². The van der Waals surface area contributed by atoms with E-state index < -0.39 is 0 Å². The zero-order chi connectivity index (χ0) is 18.8. The van der Waals surface area contributed by atoms with Gasteiger partial charge >= 0.3 is 0 Å². The van der Waals surface area contributed by atoms with Gasteiger partial charge in [0.2, 0.25) is 0 Å². The number of hydrogen-bond acceptors (Lipinski definition) is 3. The molecule has 2 rings (SSSR count). The molecule has 3 atom stereocenters. The van der Waals surface area contributed by atoms with Crippen LogP contribution in [0.15, 0.2) is 0 Å². The summed E-state index contributed by atoms with van der Waals surface area (Å²) < 4.78 is 8.20. The molecular weight excluding hydrogens is 310 g/mol. The molecule has 1 fully saturated rings. The number of nitrogens with zero attached hydrogens (tertiary/aromatic N) is 3. The van der Waals surface area contributed by atoms with E-state index in [1.807, 2.05) is 0 Å². The highest BCUT2D eigenvalue weighted by atomic mass is 16.5. The van der Waals surface area contributed by atoms with E-state index >= 15 is 0 Å². The normalized spacial score (nSPS) is 23.9. The van der Waals surface area contributed by atoms with Gasteiger partial charge in [-0.3, -0.25) is 0 Å². The molecule has 0 saturated heterocycles. The Morgan fingerprint density at radius 2 is 1.68 bits per heavy atom. The summed E-state index contributed by atoms with van der Waals surface area (Å²) in [7, 11) is 0. The zero-order valence-corrected chi connectivity index (χ0v) is 17.7. The number of ether oxygens (including phenoxy) is 1. The first-order valence-electron chi connectivity index (χ1n) is 10.2. The maximum absolute atomic E-state index is 6.04. The van der Waals surface area contributed by atoms with Crippen molar-refractivity contribution in [1.82, 2.24) is 15.0 Å². The molecule has 1 aliphatic rings. The lowest BCUT2D eigenvalue weighted by Crippen LogP contribution is -2.28. The van der Waals surface area contributed by atoms with Crippen molar-refractivity contribution in [1.29, 1.82) is 0 Å². The Balaban J connectivity index is 1.97. The summed E-state index contributed by atoms with van der Waals surface area (Å²) in [6, 6.07) is 0. The Morgan fingerprint density at radius 3 is 2.20 bits per heavy atom. The third-order valence-corrected chi connectivity index (χ3v) is 6.02. The maximum atomic E-state index is 6.04. The van der Waals surface area contributed by atoms with Crippen molar-refractivity contribution in [2.45, 2.75) is 98.6 Å². The van der Waals surface area contributed by atoms with Crippen LogP contribution >= 0.6 is 0 Å². The van der Waals surface area contributed by atoms with E-state index in [1.54, 1.807) is 0 Å². The second-order valence-electron chi connectivity index (χ2n) is 9.28.